The van der Waals surface area contributed by atoms with Crippen molar-refractivity contribution in [2.45, 2.75) is 6.42 Å². The van der Waals surface area contributed by atoms with Crippen LogP contribution >= 0.6 is 0 Å². The predicted molar refractivity (Wildman–Crippen MR) is 65.7 cm³/mol. The highest BCUT2D eigenvalue weighted by Crippen LogP contribution is 2.37. The zero-order chi connectivity index (χ0) is 11.0. The van der Waals surface area contributed by atoms with Gasteiger partial charge in [0.05, 0.1) is 0 Å². The molecule has 0 N–H and O–H groups in total. The second kappa shape index (κ2) is 3.53. The summed E-state index contributed by atoms with van der Waals surface area (Å²) in [5.74, 6) is 1.84. The van der Waals surface area contributed by atoms with Crippen molar-refractivity contribution in [2.75, 3.05) is 0 Å². The summed E-state index contributed by atoms with van der Waals surface area (Å²) in [6, 6.07) is 16.2. The Kier molecular flexibility index (Phi) is 2.03. The molecule has 0 aliphatic carbocycles. The van der Waals surface area contributed by atoms with Crippen LogP contribution in [0.4, 0.5) is 0 Å². The molecule has 0 radical (unpaired) electrons. The van der Waals surface area contributed by atoms with E-state index in [2.05, 4.69) is 18.7 Å². The van der Waals surface area contributed by atoms with Crippen molar-refractivity contribution in [3.05, 3.63) is 66.2 Å². The topological polar surface area (TPSA) is 9.23 Å². The largest absolute Gasteiger partial charge is 0.456 e. The lowest BCUT2D eigenvalue weighted by Crippen LogP contribution is -1.86. The molecule has 78 valence electrons. The molecule has 0 saturated heterocycles. The van der Waals surface area contributed by atoms with Gasteiger partial charge < -0.3 is 4.74 Å². The van der Waals surface area contributed by atoms with E-state index in [0.717, 1.165) is 29.1 Å². The SMILES string of the molecule is C=C1Cc2ccccc2Oc2ccccc21. The molecule has 0 bridgehead atoms. The number of hydrogen-bond donors (Lipinski definition) is 0. The number of rotatable bonds is 0. The minimum Gasteiger partial charge on any atom is -0.456 e. The van der Waals surface area contributed by atoms with Crippen molar-refractivity contribution >= 4 is 5.57 Å². The molecule has 1 aliphatic heterocycles. The fourth-order valence-electron chi connectivity index (χ4n) is 2.04. The van der Waals surface area contributed by atoms with Crippen LogP contribution in [0.1, 0.15) is 11.1 Å². The van der Waals surface area contributed by atoms with Gasteiger partial charge in [0, 0.05) is 12.0 Å². The number of ether oxygens (including phenoxy) is 1. The van der Waals surface area contributed by atoms with E-state index in [9.17, 15) is 0 Å². The third kappa shape index (κ3) is 1.41. The van der Waals surface area contributed by atoms with Gasteiger partial charge in [0.1, 0.15) is 11.5 Å². The summed E-state index contributed by atoms with van der Waals surface area (Å²) < 4.78 is 5.91. The van der Waals surface area contributed by atoms with Crippen LogP contribution in [0.5, 0.6) is 11.5 Å². The Morgan fingerprint density at radius 1 is 0.875 bits per heavy atom. The molecular weight excluding hydrogens is 196 g/mol. The zero-order valence-corrected chi connectivity index (χ0v) is 8.94. The molecule has 0 unspecified atom stereocenters. The zero-order valence-electron chi connectivity index (χ0n) is 8.94. The van der Waals surface area contributed by atoms with Crippen LogP contribution < -0.4 is 4.74 Å². The lowest BCUT2D eigenvalue weighted by molar-refractivity contribution is 0.480. The molecule has 2 aromatic rings. The molecule has 1 nitrogen and oxygen atoms in total. The van der Waals surface area contributed by atoms with E-state index < -0.39 is 0 Å². The molecule has 0 aromatic heterocycles. The minimum absolute atomic E-state index is 0.854. The van der Waals surface area contributed by atoms with Crippen LogP contribution in [0, 0.1) is 0 Å². The second-order valence-corrected chi connectivity index (χ2v) is 3.99. The van der Waals surface area contributed by atoms with Crippen LogP contribution in [0.15, 0.2) is 55.1 Å². The molecule has 16 heavy (non-hydrogen) atoms. The van der Waals surface area contributed by atoms with Gasteiger partial charge in [-0.2, -0.15) is 0 Å². The normalized spacial score (nSPS) is 13.4. The van der Waals surface area contributed by atoms with Crippen LogP contribution in [-0.4, -0.2) is 0 Å². The van der Waals surface area contributed by atoms with Gasteiger partial charge in [-0.05, 0) is 23.3 Å². The van der Waals surface area contributed by atoms with Gasteiger partial charge in [0.2, 0.25) is 0 Å². The maximum atomic E-state index is 5.91. The summed E-state index contributed by atoms with van der Waals surface area (Å²) in [6.07, 6.45) is 0.854. The summed E-state index contributed by atoms with van der Waals surface area (Å²) in [5.41, 5.74) is 3.42. The Hall–Kier alpha value is -2.02. The van der Waals surface area contributed by atoms with Crippen molar-refractivity contribution < 1.29 is 4.74 Å². The fraction of sp³-hybridized carbons (Fsp3) is 0.0667. The first-order chi connectivity index (χ1) is 7.84. The maximum absolute atomic E-state index is 5.91. The highest BCUT2D eigenvalue weighted by atomic mass is 16.5. The predicted octanol–water partition coefficient (Wildman–Crippen LogP) is 4.05. The van der Waals surface area contributed by atoms with Gasteiger partial charge in [0.15, 0.2) is 0 Å². The quantitative estimate of drug-likeness (QED) is 0.634. The average molecular weight is 208 g/mol. The Labute approximate surface area is 95.0 Å². The van der Waals surface area contributed by atoms with Crippen LogP contribution in [0.25, 0.3) is 5.57 Å². The molecule has 0 spiro atoms. The third-order valence-corrected chi connectivity index (χ3v) is 2.86. The van der Waals surface area contributed by atoms with Crippen LogP contribution in [-0.2, 0) is 6.42 Å². The number of hydrogen-bond acceptors (Lipinski definition) is 1. The summed E-state index contributed by atoms with van der Waals surface area (Å²) in [5, 5.41) is 0. The van der Waals surface area contributed by atoms with E-state index >= 15 is 0 Å². The lowest BCUT2D eigenvalue weighted by atomic mass is 10.00. The highest BCUT2D eigenvalue weighted by molar-refractivity contribution is 5.73. The molecule has 0 fully saturated rings. The van der Waals surface area contributed by atoms with Gasteiger partial charge in [-0.25, -0.2) is 0 Å². The minimum atomic E-state index is 0.854. The van der Waals surface area contributed by atoms with E-state index in [4.69, 9.17) is 4.74 Å². The number of fused-ring (bicyclic) bond motifs is 2. The smallest absolute Gasteiger partial charge is 0.134 e. The molecule has 0 saturated carbocycles. The van der Waals surface area contributed by atoms with E-state index in [1.54, 1.807) is 0 Å². The summed E-state index contributed by atoms with van der Waals surface area (Å²) in [7, 11) is 0. The second-order valence-electron chi connectivity index (χ2n) is 3.99. The highest BCUT2D eigenvalue weighted by Gasteiger charge is 2.15. The van der Waals surface area contributed by atoms with Crippen molar-refractivity contribution in [3.8, 4) is 11.5 Å². The van der Waals surface area contributed by atoms with Crippen LogP contribution in [0.2, 0.25) is 0 Å². The summed E-state index contributed by atoms with van der Waals surface area (Å²) in [4.78, 5) is 0. The molecular formula is C15H12O. The van der Waals surface area contributed by atoms with Crippen molar-refractivity contribution in [1.29, 1.82) is 0 Å². The maximum Gasteiger partial charge on any atom is 0.134 e. The first-order valence-electron chi connectivity index (χ1n) is 5.37. The molecule has 1 heteroatoms. The van der Waals surface area contributed by atoms with E-state index in [-0.39, 0.29) is 0 Å². The van der Waals surface area contributed by atoms with Crippen LogP contribution in [0.3, 0.4) is 0 Å². The van der Waals surface area contributed by atoms with Crippen molar-refractivity contribution in [2.24, 2.45) is 0 Å². The van der Waals surface area contributed by atoms with E-state index in [1.807, 2.05) is 36.4 Å². The first kappa shape index (κ1) is 9.22. The standard InChI is InChI=1S/C15H12O/c1-11-10-12-6-2-4-8-14(12)16-15-9-5-3-7-13(11)15/h2-9H,1,10H2. The Balaban J connectivity index is 2.18. The molecule has 1 heterocycles. The van der Waals surface area contributed by atoms with Gasteiger partial charge in [-0.1, -0.05) is 43.0 Å². The molecule has 0 amide bonds. The van der Waals surface area contributed by atoms with Crippen molar-refractivity contribution in [3.63, 3.8) is 0 Å². The monoisotopic (exact) mass is 208 g/mol. The Morgan fingerprint density at radius 3 is 2.44 bits per heavy atom. The third-order valence-electron chi connectivity index (χ3n) is 2.86. The molecule has 0 atom stereocenters. The van der Waals surface area contributed by atoms with E-state index in [0.29, 0.717) is 0 Å². The van der Waals surface area contributed by atoms with E-state index in [1.165, 1.54) is 5.56 Å². The van der Waals surface area contributed by atoms with Gasteiger partial charge in [-0.15, -0.1) is 0 Å². The molecule has 1 aliphatic rings. The Morgan fingerprint density at radius 2 is 1.56 bits per heavy atom. The number of benzene rings is 2. The summed E-state index contributed by atoms with van der Waals surface area (Å²) in [6.45, 7) is 4.13. The number of allylic oxidation sites excluding steroid dienone is 1. The average Bonchev–Trinajstić information content (AvgIpc) is 2.45. The fourth-order valence-corrected chi connectivity index (χ4v) is 2.04. The lowest BCUT2D eigenvalue weighted by Gasteiger charge is -2.07. The summed E-state index contributed by atoms with van der Waals surface area (Å²) >= 11 is 0. The van der Waals surface area contributed by atoms with Crippen molar-refractivity contribution in [1.82, 2.24) is 0 Å². The van der Waals surface area contributed by atoms with Gasteiger partial charge in [-0.3, -0.25) is 0 Å². The molecule has 2 aromatic carbocycles. The Bertz CT molecular complexity index is 555. The van der Waals surface area contributed by atoms with Gasteiger partial charge >= 0.3 is 0 Å². The van der Waals surface area contributed by atoms with Gasteiger partial charge in [0.25, 0.3) is 0 Å². The first-order valence-corrected chi connectivity index (χ1v) is 5.37. The number of para-hydroxylation sites is 2. The molecule has 3 rings (SSSR count).